The molecule has 0 radical (unpaired) electrons. The lowest BCUT2D eigenvalue weighted by Crippen LogP contribution is -2.52. The molecule has 1 N–H and O–H groups in total. The number of nitro benzene ring substituents is 1. The van der Waals surface area contributed by atoms with Gasteiger partial charge < -0.3 is 14.6 Å². The molecule has 0 spiro atoms. The van der Waals surface area contributed by atoms with E-state index in [1.807, 2.05) is 12.1 Å². The van der Waals surface area contributed by atoms with Gasteiger partial charge in [0.2, 0.25) is 0 Å². The Kier molecular flexibility index (Phi) is 4.13. The molecular weight excluding hydrogens is 366 g/mol. The zero-order chi connectivity index (χ0) is 20.2. The number of non-ortho nitro benzene ring substituents is 1. The molecule has 1 saturated heterocycles. The Morgan fingerprint density at radius 3 is 2.93 bits per heavy atom. The lowest BCUT2D eigenvalue weighted by molar-refractivity contribution is -0.384. The van der Waals surface area contributed by atoms with E-state index in [4.69, 9.17) is 4.74 Å². The van der Waals surface area contributed by atoms with Crippen LogP contribution in [0.4, 0.5) is 5.69 Å². The summed E-state index contributed by atoms with van der Waals surface area (Å²) in [5, 5.41) is 12.3. The Morgan fingerprint density at radius 2 is 2.14 bits per heavy atom. The standard InChI is InChI=1S/C23H25N3O3/c1-25-9-8-23(15-4-3-5-18(10-15)29-2)13-22-19(11-16(23)14-25)20-12-17(26(27)28)6-7-21(20)24-22/h3-7,10,12,16,24H,8-9,11,13-14H2,1-2H3/t16?,23-/m1/s1. The molecule has 1 fully saturated rings. The molecule has 1 aliphatic heterocycles. The fourth-order valence-electron chi connectivity index (χ4n) is 5.50. The van der Waals surface area contributed by atoms with Crippen LogP contribution in [0.25, 0.3) is 10.9 Å². The van der Waals surface area contributed by atoms with Gasteiger partial charge in [0.25, 0.3) is 5.69 Å². The van der Waals surface area contributed by atoms with E-state index in [0.29, 0.717) is 5.92 Å². The summed E-state index contributed by atoms with van der Waals surface area (Å²) in [6.45, 7) is 2.09. The average Bonchev–Trinajstić information content (AvgIpc) is 3.08. The van der Waals surface area contributed by atoms with E-state index >= 15 is 0 Å². The Hall–Kier alpha value is -2.86. The molecule has 29 heavy (non-hydrogen) atoms. The minimum absolute atomic E-state index is 0.0564. The highest BCUT2D eigenvalue weighted by Crippen LogP contribution is 2.49. The largest absolute Gasteiger partial charge is 0.497 e. The van der Waals surface area contributed by atoms with Crippen molar-refractivity contribution in [3.8, 4) is 5.75 Å². The number of piperidine rings is 1. The van der Waals surface area contributed by atoms with E-state index < -0.39 is 0 Å². The minimum Gasteiger partial charge on any atom is -0.497 e. The molecule has 150 valence electrons. The van der Waals surface area contributed by atoms with Crippen LogP contribution in [-0.2, 0) is 18.3 Å². The van der Waals surface area contributed by atoms with E-state index in [1.165, 1.54) is 16.8 Å². The summed E-state index contributed by atoms with van der Waals surface area (Å²) in [6.07, 6.45) is 2.95. The minimum atomic E-state index is -0.309. The third-order valence-corrected chi connectivity index (χ3v) is 7.03. The number of rotatable bonds is 3. The van der Waals surface area contributed by atoms with Gasteiger partial charge in [-0.05, 0) is 68.1 Å². The highest BCUT2D eigenvalue weighted by atomic mass is 16.6. The number of aromatic amines is 1. The topological polar surface area (TPSA) is 71.4 Å². The van der Waals surface area contributed by atoms with Gasteiger partial charge in [-0.2, -0.15) is 0 Å². The van der Waals surface area contributed by atoms with Crippen LogP contribution < -0.4 is 4.74 Å². The van der Waals surface area contributed by atoms with E-state index in [2.05, 4.69) is 35.1 Å². The number of fused-ring (bicyclic) bond motifs is 4. The molecule has 5 rings (SSSR count). The molecule has 0 bridgehead atoms. The molecule has 6 nitrogen and oxygen atoms in total. The molecule has 3 aromatic rings. The first-order chi connectivity index (χ1) is 14.0. The van der Waals surface area contributed by atoms with Gasteiger partial charge in [-0.3, -0.25) is 10.1 Å². The maximum atomic E-state index is 11.3. The van der Waals surface area contributed by atoms with Crippen LogP contribution in [0.3, 0.4) is 0 Å². The van der Waals surface area contributed by atoms with Crippen LogP contribution in [0.15, 0.2) is 42.5 Å². The Bertz CT molecular complexity index is 1110. The number of hydrogen-bond donors (Lipinski definition) is 1. The maximum absolute atomic E-state index is 11.3. The van der Waals surface area contributed by atoms with Crippen molar-refractivity contribution in [2.24, 2.45) is 5.92 Å². The summed E-state index contributed by atoms with van der Waals surface area (Å²) < 4.78 is 5.51. The molecular formula is C23H25N3O3. The molecule has 2 aliphatic rings. The summed E-state index contributed by atoms with van der Waals surface area (Å²) >= 11 is 0. The van der Waals surface area contributed by atoms with Crippen molar-refractivity contribution in [2.75, 3.05) is 27.2 Å². The first-order valence-corrected chi connectivity index (χ1v) is 10.1. The number of nitrogens with zero attached hydrogens (tertiary/aromatic N) is 2. The Balaban J connectivity index is 1.65. The normalized spacial score (nSPS) is 24.1. The third-order valence-electron chi connectivity index (χ3n) is 7.03. The lowest BCUT2D eigenvalue weighted by Gasteiger charge is -2.50. The first kappa shape index (κ1) is 18.2. The third kappa shape index (κ3) is 2.82. The van der Waals surface area contributed by atoms with Crippen LogP contribution in [0.2, 0.25) is 0 Å². The fourth-order valence-corrected chi connectivity index (χ4v) is 5.50. The van der Waals surface area contributed by atoms with Gasteiger partial charge in [-0.25, -0.2) is 0 Å². The fraction of sp³-hybridized carbons (Fsp3) is 0.391. The molecule has 1 unspecified atom stereocenters. The monoisotopic (exact) mass is 391 g/mol. The maximum Gasteiger partial charge on any atom is 0.270 e. The van der Waals surface area contributed by atoms with Gasteiger partial charge in [-0.1, -0.05) is 12.1 Å². The smallest absolute Gasteiger partial charge is 0.270 e. The van der Waals surface area contributed by atoms with Gasteiger partial charge >= 0.3 is 0 Å². The molecule has 1 aromatic heterocycles. The van der Waals surface area contributed by atoms with Crippen LogP contribution in [0.1, 0.15) is 23.2 Å². The molecule has 2 aromatic carbocycles. The zero-order valence-electron chi connectivity index (χ0n) is 16.8. The SMILES string of the molecule is COc1cccc([C@]23CCN(C)CC2Cc2c([nH]c4ccc([N+](=O)[O-])cc24)C3)c1. The van der Waals surface area contributed by atoms with E-state index in [9.17, 15) is 10.1 Å². The zero-order valence-corrected chi connectivity index (χ0v) is 16.8. The second-order valence-corrected chi connectivity index (χ2v) is 8.55. The molecule has 1 aliphatic carbocycles. The van der Waals surface area contributed by atoms with Crippen molar-refractivity contribution in [2.45, 2.75) is 24.7 Å². The van der Waals surface area contributed by atoms with Crippen molar-refractivity contribution in [1.82, 2.24) is 9.88 Å². The van der Waals surface area contributed by atoms with Crippen molar-refractivity contribution >= 4 is 16.6 Å². The highest BCUT2D eigenvalue weighted by Gasteiger charge is 2.47. The van der Waals surface area contributed by atoms with Crippen molar-refractivity contribution in [3.05, 3.63) is 69.4 Å². The number of H-pyrrole nitrogens is 1. The summed E-state index contributed by atoms with van der Waals surface area (Å²) in [5.41, 5.74) is 5.02. The summed E-state index contributed by atoms with van der Waals surface area (Å²) in [7, 11) is 3.90. The lowest BCUT2D eigenvalue weighted by atomic mass is 9.59. The van der Waals surface area contributed by atoms with Gasteiger partial charge in [0.05, 0.1) is 12.0 Å². The summed E-state index contributed by atoms with van der Waals surface area (Å²) in [4.78, 5) is 17.0. The van der Waals surface area contributed by atoms with Gasteiger partial charge in [0, 0.05) is 40.7 Å². The highest BCUT2D eigenvalue weighted by molar-refractivity contribution is 5.87. The number of methoxy groups -OCH3 is 1. The van der Waals surface area contributed by atoms with Crippen LogP contribution in [0.5, 0.6) is 5.75 Å². The van der Waals surface area contributed by atoms with Crippen molar-refractivity contribution < 1.29 is 9.66 Å². The Labute approximate surface area is 169 Å². The van der Waals surface area contributed by atoms with Gasteiger partial charge in [0.15, 0.2) is 0 Å². The average molecular weight is 391 g/mol. The second-order valence-electron chi connectivity index (χ2n) is 8.55. The van der Waals surface area contributed by atoms with E-state index in [0.717, 1.165) is 49.0 Å². The number of aromatic nitrogens is 1. The van der Waals surface area contributed by atoms with E-state index in [1.54, 1.807) is 19.2 Å². The van der Waals surface area contributed by atoms with Crippen molar-refractivity contribution in [1.29, 1.82) is 0 Å². The molecule has 0 amide bonds. The Morgan fingerprint density at radius 1 is 1.28 bits per heavy atom. The number of likely N-dealkylation sites (tertiary alicyclic amines) is 1. The molecule has 6 heteroatoms. The molecule has 2 heterocycles. The number of ether oxygens (including phenoxy) is 1. The van der Waals surface area contributed by atoms with Crippen LogP contribution >= 0.6 is 0 Å². The van der Waals surface area contributed by atoms with Gasteiger partial charge in [0.1, 0.15) is 5.75 Å². The molecule has 2 atom stereocenters. The number of benzene rings is 2. The summed E-state index contributed by atoms with van der Waals surface area (Å²) in [6, 6.07) is 13.7. The number of nitro groups is 1. The summed E-state index contributed by atoms with van der Waals surface area (Å²) in [5.74, 6) is 1.35. The number of hydrogen-bond acceptors (Lipinski definition) is 4. The van der Waals surface area contributed by atoms with Crippen LogP contribution in [0, 0.1) is 16.0 Å². The second kappa shape index (κ2) is 6.59. The van der Waals surface area contributed by atoms with Gasteiger partial charge in [-0.15, -0.1) is 0 Å². The van der Waals surface area contributed by atoms with E-state index in [-0.39, 0.29) is 16.0 Å². The number of nitrogens with one attached hydrogen (secondary N) is 1. The van der Waals surface area contributed by atoms with Crippen LogP contribution in [-0.4, -0.2) is 42.1 Å². The predicted octanol–water partition coefficient (Wildman–Crippen LogP) is 4.07. The van der Waals surface area contributed by atoms with Crippen molar-refractivity contribution in [3.63, 3.8) is 0 Å². The first-order valence-electron chi connectivity index (χ1n) is 10.1. The predicted molar refractivity (Wildman–Crippen MR) is 113 cm³/mol. The quantitative estimate of drug-likeness (QED) is 0.540. The molecule has 0 saturated carbocycles.